The van der Waals surface area contributed by atoms with Crippen molar-refractivity contribution in [1.82, 2.24) is 0 Å². The first-order chi connectivity index (χ1) is 6.86. The van der Waals surface area contributed by atoms with Gasteiger partial charge in [0.15, 0.2) is 0 Å². The molecule has 80 valence electrons. The standard InChI is InChI=1S/C10H11NO4/c1-4-3-6(9(12)13)7(10(14)15)8(11)5(4)2/h3H,11H2,1-2H3,(H,12,13)(H,14,15). The van der Waals surface area contributed by atoms with Crippen LogP contribution >= 0.6 is 0 Å². The molecule has 0 fully saturated rings. The van der Waals surface area contributed by atoms with Crippen molar-refractivity contribution < 1.29 is 19.8 Å². The third kappa shape index (κ3) is 1.76. The lowest BCUT2D eigenvalue weighted by atomic mass is 9.97. The molecule has 1 rings (SSSR count). The SMILES string of the molecule is Cc1cc(C(=O)O)c(C(=O)O)c(N)c1C. The molecule has 0 saturated heterocycles. The molecular formula is C10H11NO4. The largest absolute Gasteiger partial charge is 0.478 e. The number of rotatable bonds is 2. The Morgan fingerprint density at radius 2 is 1.73 bits per heavy atom. The highest BCUT2D eigenvalue weighted by molar-refractivity contribution is 6.06. The minimum absolute atomic E-state index is 0.0138. The molecule has 1 aromatic rings. The molecule has 5 heteroatoms. The number of anilines is 1. The molecule has 0 aliphatic heterocycles. The van der Waals surface area contributed by atoms with E-state index in [2.05, 4.69) is 0 Å². The Labute approximate surface area is 86.1 Å². The Bertz CT molecular complexity index is 451. The second-order valence-electron chi connectivity index (χ2n) is 3.27. The Balaban J connectivity index is 3.65. The number of hydrogen-bond acceptors (Lipinski definition) is 3. The van der Waals surface area contributed by atoms with Crippen molar-refractivity contribution in [3.05, 3.63) is 28.3 Å². The van der Waals surface area contributed by atoms with Gasteiger partial charge in [-0.3, -0.25) is 0 Å². The molecule has 0 heterocycles. The Kier molecular flexibility index (Phi) is 2.65. The zero-order valence-corrected chi connectivity index (χ0v) is 8.37. The summed E-state index contributed by atoms with van der Waals surface area (Å²) in [5.41, 5.74) is 6.23. The Morgan fingerprint density at radius 1 is 1.20 bits per heavy atom. The first-order valence-corrected chi connectivity index (χ1v) is 4.22. The van der Waals surface area contributed by atoms with Gasteiger partial charge in [-0.1, -0.05) is 0 Å². The number of aryl methyl sites for hydroxylation is 1. The maximum absolute atomic E-state index is 10.9. The van der Waals surface area contributed by atoms with E-state index in [1.54, 1.807) is 13.8 Å². The van der Waals surface area contributed by atoms with Gasteiger partial charge in [-0.2, -0.15) is 0 Å². The van der Waals surface area contributed by atoms with E-state index in [1.165, 1.54) is 6.07 Å². The van der Waals surface area contributed by atoms with Crippen LogP contribution in [0.15, 0.2) is 6.07 Å². The molecule has 0 aliphatic rings. The molecule has 0 amide bonds. The number of aromatic carboxylic acids is 2. The summed E-state index contributed by atoms with van der Waals surface area (Å²) in [6, 6.07) is 1.32. The van der Waals surface area contributed by atoms with E-state index in [4.69, 9.17) is 15.9 Å². The van der Waals surface area contributed by atoms with Gasteiger partial charge in [-0.05, 0) is 31.0 Å². The van der Waals surface area contributed by atoms with E-state index in [0.29, 0.717) is 11.1 Å². The van der Waals surface area contributed by atoms with E-state index >= 15 is 0 Å². The van der Waals surface area contributed by atoms with Crippen molar-refractivity contribution >= 4 is 17.6 Å². The third-order valence-electron chi connectivity index (χ3n) is 2.34. The molecule has 0 saturated carbocycles. The van der Waals surface area contributed by atoms with Gasteiger partial charge in [0.2, 0.25) is 0 Å². The topological polar surface area (TPSA) is 101 Å². The average molecular weight is 209 g/mol. The Morgan fingerprint density at radius 3 is 2.13 bits per heavy atom. The van der Waals surface area contributed by atoms with Crippen molar-refractivity contribution in [2.75, 3.05) is 5.73 Å². The number of carbonyl (C=O) groups is 2. The first-order valence-electron chi connectivity index (χ1n) is 4.22. The summed E-state index contributed by atoms with van der Waals surface area (Å²) in [7, 11) is 0. The number of benzene rings is 1. The van der Waals surface area contributed by atoms with Crippen molar-refractivity contribution in [2.45, 2.75) is 13.8 Å². The van der Waals surface area contributed by atoms with Crippen molar-refractivity contribution in [3.8, 4) is 0 Å². The lowest BCUT2D eigenvalue weighted by molar-refractivity contribution is 0.0652. The highest BCUT2D eigenvalue weighted by atomic mass is 16.4. The zero-order valence-electron chi connectivity index (χ0n) is 8.37. The number of nitrogens with two attached hydrogens (primary N) is 1. The van der Waals surface area contributed by atoms with Gasteiger partial charge in [0.05, 0.1) is 16.8 Å². The predicted octanol–water partition coefficient (Wildman–Crippen LogP) is 1.28. The van der Waals surface area contributed by atoms with E-state index in [1.807, 2.05) is 0 Å². The Hall–Kier alpha value is -2.04. The number of hydrogen-bond donors (Lipinski definition) is 3. The normalized spacial score (nSPS) is 10.0. The molecule has 15 heavy (non-hydrogen) atoms. The molecule has 0 spiro atoms. The molecule has 5 nitrogen and oxygen atoms in total. The number of carboxylic acids is 2. The van der Waals surface area contributed by atoms with Gasteiger partial charge in [0, 0.05) is 0 Å². The summed E-state index contributed by atoms with van der Waals surface area (Å²) < 4.78 is 0. The van der Waals surface area contributed by atoms with Gasteiger partial charge in [0.1, 0.15) is 0 Å². The molecule has 0 unspecified atom stereocenters. The van der Waals surface area contributed by atoms with Gasteiger partial charge >= 0.3 is 11.9 Å². The summed E-state index contributed by atoms with van der Waals surface area (Å²) in [4.78, 5) is 21.7. The van der Waals surface area contributed by atoms with Crippen LogP contribution in [0.4, 0.5) is 5.69 Å². The molecule has 4 N–H and O–H groups in total. The van der Waals surface area contributed by atoms with E-state index in [9.17, 15) is 9.59 Å². The van der Waals surface area contributed by atoms with Crippen LogP contribution in [-0.4, -0.2) is 22.2 Å². The summed E-state index contributed by atoms with van der Waals surface area (Å²) >= 11 is 0. The van der Waals surface area contributed by atoms with Gasteiger partial charge < -0.3 is 15.9 Å². The van der Waals surface area contributed by atoms with Gasteiger partial charge in [-0.15, -0.1) is 0 Å². The van der Waals surface area contributed by atoms with Crippen LogP contribution in [0.3, 0.4) is 0 Å². The van der Waals surface area contributed by atoms with Crippen molar-refractivity contribution in [2.24, 2.45) is 0 Å². The molecule has 1 aromatic carbocycles. The third-order valence-corrected chi connectivity index (χ3v) is 2.34. The quantitative estimate of drug-likeness (QED) is 0.637. The average Bonchev–Trinajstić information content (AvgIpc) is 2.12. The highest BCUT2D eigenvalue weighted by Gasteiger charge is 2.21. The number of carboxylic acid groups (broad SMARTS) is 2. The fourth-order valence-corrected chi connectivity index (χ4v) is 1.34. The summed E-state index contributed by atoms with van der Waals surface area (Å²) in [6.07, 6.45) is 0. The maximum Gasteiger partial charge on any atom is 0.338 e. The number of nitrogen functional groups attached to an aromatic ring is 1. The summed E-state index contributed by atoms with van der Waals surface area (Å²) in [6.45, 7) is 3.34. The van der Waals surface area contributed by atoms with Crippen LogP contribution in [0.1, 0.15) is 31.8 Å². The lowest BCUT2D eigenvalue weighted by Gasteiger charge is -2.10. The minimum Gasteiger partial charge on any atom is -0.478 e. The van der Waals surface area contributed by atoms with E-state index < -0.39 is 11.9 Å². The lowest BCUT2D eigenvalue weighted by Crippen LogP contribution is -2.13. The maximum atomic E-state index is 10.9. The molecule has 0 radical (unpaired) electrons. The molecule has 0 atom stereocenters. The fraction of sp³-hybridized carbons (Fsp3) is 0.200. The molecule has 0 aliphatic carbocycles. The van der Waals surface area contributed by atoms with E-state index in [0.717, 1.165) is 0 Å². The molecule has 0 bridgehead atoms. The molecular weight excluding hydrogens is 198 g/mol. The van der Waals surface area contributed by atoms with Crippen molar-refractivity contribution in [1.29, 1.82) is 0 Å². The fourth-order valence-electron chi connectivity index (χ4n) is 1.34. The second kappa shape index (κ2) is 3.61. The minimum atomic E-state index is -1.33. The van der Waals surface area contributed by atoms with Crippen LogP contribution in [0.25, 0.3) is 0 Å². The monoisotopic (exact) mass is 209 g/mol. The first kappa shape index (κ1) is 11.0. The highest BCUT2D eigenvalue weighted by Crippen LogP contribution is 2.24. The molecule has 0 aromatic heterocycles. The van der Waals surface area contributed by atoms with E-state index in [-0.39, 0.29) is 16.8 Å². The summed E-state index contributed by atoms with van der Waals surface area (Å²) in [5.74, 6) is -2.62. The second-order valence-corrected chi connectivity index (χ2v) is 3.27. The van der Waals surface area contributed by atoms with Crippen LogP contribution < -0.4 is 5.73 Å². The van der Waals surface area contributed by atoms with Crippen LogP contribution in [-0.2, 0) is 0 Å². The van der Waals surface area contributed by atoms with Gasteiger partial charge in [-0.25, -0.2) is 9.59 Å². The zero-order chi connectivity index (χ0) is 11.7. The van der Waals surface area contributed by atoms with Crippen LogP contribution in [0.5, 0.6) is 0 Å². The van der Waals surface area contributed by atoms with Gasteiger partial charge in [0.25, 0.3) is 0 Å². The van der Waals surface area contributed by atoms with Crippen molar-refractivity contribution in [3.63, 3.8) is 0 Å². The summed E-state index contributed by atoms with van der Waals surface area (Å²) in [5, 5.41) is 17.7. The van der Waals surface area contributed by atoms with Crippen LogP contribution in [0, 0.1) is 13.8 Å². The smallest absolute Gasteiger partial charge is 0.338 e. The predicted molar refractivity (Wildman–Crippen MR) is 54.2 cm³/mol. The van der Waals surface area contributed by atoms with Crippen LogP contribution in [0.2, 0.25) is 0 Å².